The monoisotopic (exact) mass is 267 g/mol. The van der Waals surface area contributed by atoms with Crippen molar-refractivity contribution in [2.24, 2.45) is 0 Å². The van der Waals surface area contributed by atoms with Crippen LogP contribution < -0.4 is 10.5 Å². The van der Waals surface area contributed by atoms with E-state index in [9.17, 15) is 10.1 Å². The Morgan fingerprint density at radius 2 is 2.21 bits per heavy atom. The Bertz CT molecular complexity index is 489. The lowest BCUT2D eigenvalue weighted by Crippen LogP contribution is -2.26. The number of nitrogen functional groups attached to an aromatic ring is 1. The molecule has 2 rings (SSSR count). The molecule has 0 amide bonds. The van der Waals surface area contributed by atoms with E-state index in [0.29, 0.717) is 19.2 Å². The summed E-state index contributed by atoms with van der Waals surface area (Å²) in [5.41, 5.74) is 5.47. The first-order chi connectivity index (χ1) is 8.99. The fourth-order valence-electron chi connectivity index (χ4n) is 1.86. The van der Waals surface area contributed by atoms with E-state index < -0.39 is 4.92 Å². The van der Waals surface area contributed by atoms with Crippen molar-refractivity contribution >= 4 is 11.6 Å². The van der Waals surface area contributed by atoms with Crippen molar-refractivity contribution in [1.82, 2.24) is 14.9 Å². The highest BCUT2D eigenvalue weighted by atomic mass is 16.6. The molecule has 104 valence electrons. The van der Waals surface area contributed by atoms with E-state index in [-0.39, 0.29) is 23.2 Å². The van der Waals surface area contributed by atoms with Gasteiger partial charge in [-0.25, -0.2) is 4.98 Å². The number of ether oxygens (including phenoxy) is 1. The maximum Gasteiger partial charge on any atom is 0.352 e. The summed E-state index contributed by atoms with van der Waals surface area (Å²) in [6.45, 7) is 2.55. The van der Waals surface area contributed by atoms with Crippen LogP contribution in [0, 0.1) is 17.0 Å². The molecule has 0 radical (unpaired) electrons. The van der Waals surface area contributed by atoms with Gasteiger partial charge in [0, 0.05) is 12.6 Å². The summed E-state index contributed by atoms with van der Waals surface area (Å²) >= 11 is 0. The molecule has 0 spiro atoms. The zero-order valence-corrected chi connectivity index (χ0v) is 11.0. The topological polar surface area (TPSA) is 107 Å². The van der Waals surface area contributed by atoms with Gasteiger partial charge in [-0.1, -0.05) is 0 Å². The molecule has 0 atom stereocenters. The van der Waals surface area contributed by atoms with Crippen LogP contribution in [0.1, 0.15) is 18.5 Å². The number of hydrogen-bond donors (Lipinski definition) is 1. The van der Waals surface area contributed by atoms with Crippen molar-refractivity contribution in [2.45, 2.75) is 25.8 Å². The third-order valence-electron chi connectivity index (χ3n) is 3.08. The van der Waals surface area contributed by atoms with Crippen molar-refractivity contribution in [3.05, 3.63) is 15.8 Å². The van der Waals surface area contributed by atoms with Gasteiger partial charge in [-0.05, 0) is 26.8 Å². The summed E-state index contributed by atoms with van der Waals surface area (Å²) in [4.78, 5) is 20.2. The second kappa shape index (κ2) is 5.35. The largest absolute Gasteiger partial charge is 0.471 e. The molecule has 8 nitrogen and oxygen atoms in total. The van der Waals surface area contributed by atoms with Gasteiger partial charge in [-0.15, -0.1) is 0 Å². The van der Waals surface area contributed by atoms with E-state index >= 15 is 0 Å². The fraction of sp³-hybridized carbons (Fsp3) is 0.636. The Morgan fingerprint density at radius 1 is 1.53 bits per heavy atom. The van der Waals surface area contributed by atoms with Crippen LogP contribution in [0.3, 0.4) is 0 Å². The second-order valence-corrected chi connectivity index (χ2v) is 4.64. The number of nitro groups is 1. The minimum absolute atomic E-state index is 0.0198. The highest BCUT2D eigenvalue weighted by molar-refractivity contribution is 5.47. The number of aryl methyl sites for hydroxylation is 1. The number of nitrogens with zero attached hydrogens (tertiary/aromatic N) is 4. The predicted octanol–water partition coefficient (Wildman–Crippen LogP) is 0.748. The summed E-state index contributed by atoms with van der Waals surface area (Å²) in [6, 6.07) is 0.621. The van der Waals surface area contributed by atoms with Crippen LogP contribution in [0.4, 0.5) is 11.6 Å². The highest BCUT2D eigenvalue weighted by Gasteiger charge is 2.27. The van der Waals surface area contributed by atoms with Crippen LogP contribution in [-0.4, -0.2) is 46.0 Å². The molecule has 2 N–H and O–H groups in total. The first kappa shape index (κ1) is 13.5. The SMILES string of the molecule is Cc1nc(N)nc(OCCN(C)C2CC2)c1[N+](=O)[O-]. The minimum Gasteiger partial charge on any atom is -0.471 e. The van der Waals surface area contributed by atoms with Gasteiger partial charge in [0.25, 0.3) is 5.88 Å². The lowest BCUT2D eigenvalue weighted by molar-refractivity contribution is -0.387. The van der Waals surface area contributed by atoms with Gasteiger partial charge in [0.15, 0.2) is 0 Å². The zero-order chi connectivity index (χ0) is 14.0. The smallest absolute Gasteiger partial charge is 0.352 e. The van der Waals surface area contributed by atoms with Crippen LogP contribution in [0.2, 0.25) is 0 Å². The number of likely N-dealkylation sites (N-methyl/N-ethyl adjacent to an activating group) is 1. The molecule has 8 heteroatoms. The molecule has 0 aromatic carbocycles. The van der Waals surface area contributed by atoms with Crippen molar-refractivity contribution < 1.29 is 9.66 Å². The molecular weight excluding hydrogens is 250 g/mol. The molecule has 0 unspecified atom stereocenters. The second-order valence-electron chi connectivity index (χ2n) is 4.64. The summed E-state index contributed by atoms with van der Waals surface area (Å²) in [7, 11) is 2.01. The molecular formula is C11H17N5O3. The Morgan fingerprint density at radius 3 is 2.79 bits per heavy atom. The summed E-state index contributed by atoms with van der Waals surface area (Å²) in [5.74, 6) is -0.0761. The van der Waals surface area contributed by atoms with E-state index in [1.54, 1.807) is 0 Å². The lowest BCUT2D eigenvalue weighted by atomic mass is 10.3. The Labute approximate surface area is 110 Å². The Hall–Kier alpha value is -1.96. The van der Waals surface area contributed by atoms with Gasteiger partial charge in [0.05, 0.1) is 4.92 Å². The first-order valence-corrected chi connectivity index (χ1v) is 6.10. The van der Waals surface area contributed by atoms with Crippen molar-refractivity contribution in [3.8, 4) is 5.88 Å². The van der Waals surface area contributed by atoms with Gasteiger partial charge < -0.3 is 15.4 Å². The minimum atomic E-state index is -0.547. The number of nitrogens with two attached hydrogens (primary N) is 1. The average molecular weight is 267 g/mol. The van der Waals surface area contributed by atoms with Crippen LogP contribution in [-0.2, 0) is 0 Å². The van der Waals surface area contributed by atoms with Crippen molar-refractivity contribution in [2.75, 3.05) is 25.9 Å². The van der Waals surface area contributed by atoms with Gasteiger partial charge in [-0.2, -0.15) is 4.98 Å². The quantitative estimate of drug-likeness (QED) is 0.598. The molecule has 1 aliphatic carbocycles. The van der Waals surface area contributed by atoms with E-state index in [4.69, 9.17) is 10.5 Å². The molecule has 19 heavy (non-hydrogen) atoms. The molecule has 1 aromatic rings. The predicted molar refractivity (Wildman–Crippen MR) is 69.0 cm³/mol. The van der Waals surface area contributed by atoms with E-state index in [1.165, 1.54) is 19.8 Å². The highest BCUT2D eigenvalue weighted by Crippen LogP contribution is 2.28. The van der Waals surface area contributed by atoms with Crippen molar-refractivity contribution in [1.29, 1.82) is 0 Å². The molecule has 1 heterocycles. The number of rotatable bonds is 6. The standard InChI is InChI=1S/C11H17N5O3/c1-7-9(16(17)18)10(14-11(12)13-7)19-6-5-15(2)8-3-4-8/h8H,3-6H2,1-2H3,(H2,12,13,14). The van der Waals surface area contributed by atoms with E-state index in [0.717, 1.165) is 0 Å². The molecule has 1 fully saturated rings. The molecule has 1 aromatic heterocycles. The Balaban J connectivity index is 2.03. The number of aromatic nitrogens is 2. The molecule has 0 saturated heterocycles. The number of anilines is 1. The third kappa shape index (κ3) is 3.28. The van der Waals surface area contributed by atoms with Gasteiger partial charge in [0.2, 0.25) is 5.95 Å². The molecule has 0 aliphatic heterocycles. The summed E-state index contributed by atoms with van der Waals surface area (Å²) < 4.78 is 5.39. The zero-order valence-electron chi connectivity index (χ0n) is 11.0. The van der Waals surface area contributed by atoms with Crippen LogP contribution >= 0.6 is 0 Å². The third-order valence-corrected chi connectivity index (χ3v) is 3.08. The van der Waals surface area contributed by atoms with Crippen LogP contribution in [0.25, 0.3) is 0 Å². The first-order valence-electron chi connectivity index (χ1n) is 6.10. The van der Waals surface area contributed by atoms with E-state index in [1.807, 2.05) is 7.05 Å². The number of hydrogen-bond acceptors (Lipinski definition) is 7. The summed E-state index contributed by atoms with van der Waals surface area (Å²) in [6.07, 6.45) is 2.41. The maximum atomic E-state index is 11.0. The fourth-order valence-corrected chi connectivity index (χ4v) is 1.86. The summed E-state index contributed by atoms with van der Waals surface area (Å²) in [5, 5.41) is 11.0. The van der Waals surface area contributed by atoms with Gasteiger partial charge in [-0.3, -0.25) is 10.1 Å². The van der Waals surface area contributed by atoms with Gasteiger partial charge in [0.1, 0.15) is 12.3 Å². The normalized spacial score (nSPS) is 14.7. The molecule has 1 saturated carbocycles. The van der Waals surface area contributed by atoms with Crippen molar-refractivity contribution in [3.63, 3.8) is 0 Å². The molecule has 1 aliphatic rings. The maximum absolute atomic E-state index is 11.0. The van der Waals surface area contributed by atoms with E-state index in [2.05, 4.69) is 14.9 Å². The van der Waals surface area contributed by atoms with Gasteiger partial charge >= 0.3 is 5.69 Å². The lowest BCUT2D eigenvalue weighted by Gasteiger charge is -2.15. The Kier molecular flexibility index (Phi) is 3.79. The van der Waals surface area contributed by atoms with Crippen LogP contribution in [0.15, 0.2) is 0 Å². The van der Waals surface area contributed by atoms with Crippen LogP contribution in [0.5, 0.6) is 5.88 Å². The average Bonchev–Trinajstić information content (AvgIpc) is 3.10. The molecule has 0 bridgehead atoms.